The highest BCUT2D eigenvalue weighted by Crippen LogP contribution is 2.31. The zero-order valence-corrected chi connectivity index (χ0v) is 9.17. The van der Waals surface area contributed by atoms with E-state index in [1.165, 1.54) is 12.1 Å². The predicted octanol–water partition coefficient (Wildman–Crippen LogP) is 2.61. The molecule has 16 heavy (non-hydrogen) atoms. The number of rotatable bonds is 2. The van der Waals surface area contributed by atoms with Crippen LogP contribution in [-0.4, -0.2) is 22.2 Å². The van der Waals surface area contributed by atoms with Gasteiger partial charge in [0.1, 0.15) is 4.88 Å². The van der Waals surface area contributed by atoms with Gasteiger partial charge in [-0.05, 0) is 30.0 Å². The Hall–Kier alpha value is -1.88. The number of carboxylic acid groups (broad SMARTS) is 2. The summed E-state index contributed by atoms with van der Waals surface area (Å²) in [6.45, 7) is 1.72. The minimum absolute atomic E-state index is 0.172. The molecule has 0 aliphatic rings. The SMILES string of the molecule is Cc1c(C(=O)O)sc2cc(C(=O)O)ccc12. The lowest BCUT2D eigenvalue weighted by atomic mass is 10.1. The molecule has 1 heterocycles. The molecule has 5 heteroatoms. The van der Waals surface area contributed by atoms with Gasteiger partial charge in [0.05, 0.1) is 5.56 Å². The molecule has 2 N–H and O–H groups in total. The topological polar surface area (TPSA) is 74.6 Å². The van der Waals surface area contributed by atoms with E-state index in [-0.39, 0.29) is 10.4 Å². The van der Waals surface area contributed by atoms with E-state index in [2.05, 4.69) is 0 Å². The van der Waals surface area contributed by atoms with Crippen molar-refractivity contribution in [2.24, 2.45) is 0 Å². The summed E-state index contributed by atoms with van der Waals surface area (Å²) in [7, 11) is 0. The Morgan fingerprint density at radius 1 is 1.19 bits per heavy atom. The first-order valence-electron chi connectivity index (χ1n) is 4.50. The Morgan fingerprint density at radius 2 is 1.88 bits per heavy atom. The van der Waals surface area contributed by atoms with Gasteiger partial charge >= 0.3 is 11.9 Å². The second-order valence-corrected chi connectivity index (χ2v) is 4.43. The summed E-state index contributed by atoms with van der Waals surface area (Å²) in [5, 5.41) is 18.6. The van der Waals surface area contributed by atoms with Crippen molar-refractivity contribution in [3.63, 3.8) is 0 Å². The third-order valence-electron chi connectivity index (χ3n) is 2.38. The van der Waals surface area contributed by atoms with E-state index in [4.69, 9.17) is 10.2 Å². The van der Waals surface area contributed by atoms with Crippen molar-refractivity contribution in [3.8, 4) is 0 Å². The Labute approximate surface area is 94.8 Å². The number of hydrogen-bond donors (Lipinski definition) is 2. The second kappa shape index (κ2) is 3.61. The Kier molecular flexibility index (Phi) is 2.40. The van der Waals surface area contributed by atoms with E-state index in [0.29, 0.717) is 10.3 Å². The number of fused-ring (bicyclic) bond motifs is 1. The molecule has 0 radical (unpaired) electrons. The molecular weight excluding hydrogens is 228 g/mol. The first-order chi connectivity index (χ1) is 7.50. The smallest absolute Gasteiger partial charge is 0.346 e. The highest BCUT2D eigenvalue weighted by molar-refractivity contribution is 7.21. The zero-order chi connectivity index (χ0) is 11.9. The first kappa shape index (κ1) is 10.6. The molecule has 0 aliphatic heterocycles. The fourth-order valence-electron chi connectivity index (χ4n) is 1.56. The molecule has 0 atom stereocenters. The van der Waals surface area contributed by atoms with Crippen LogP contribution < -0.4 is 0 Å². The fourth-order valence-corrected chi connectivity index (χ4v) is 2.65. The van der Waals surface area contributed by atoms with E-state index in [0.717, 1.165) is 16.7 Å². The standard InChI is InChI=1S/C11H8O4S/c1-5-7-3-2-6(10(12)13)4-8(7)16-9(5)11(14)15/h2-4H,1H3,(H,12,13)(H,14,15). The molecule has 0 bridgehead atoms. The molecular formula is C11H8O4S. The maximum Gasteiger partial charge on any atom is 0.346 e. The highest BCUT2D eigenvalue weighted by Gasteiger charge is 2.15. The monoisotopic (exact) mass is 236 g/mol. The third kappa shape index (κ3) is 1.55. The zero-order valence-electron chi connectivity index (χ0n) is 8.35. The van der Waals surface area contributed by atoms with Gasteiger partial charge in [-0.15, -0.1) is 11.3 Å². The van der Waals surface area contributed by atoms with Crippen LogP contribution in [0.4, 0.5) is 0 Å². The quantitative estimate of drug-likeness (QED) is 0.840. The normalized spacial score (nSPS) is 10.6. The number of thiophene rings is 1. The van der Waals surface area contributed by atoms with Crippen molar-refractivity contribution in [2.75, 3.05) is 0 Å². The molecule has 4 nitrogen and oxygen atoms in total. The molecule has 2 aromatic rings. The third-order valence-corrected chi connectivity index (χ3v) is 3.62. The highest BCUT2D eigenvalue weighted by atomic mass is 32.1. The Bertz CT molecular complexity index is 597. The lowest BCUT2D eigenvalue weighted by Gasteiger charge is -1.94. The molecule has 0 unspecified atom stereocenters. The molecule has 0 saturated heterocycles. The van der Waals surface area contributed by atoms with Crippen LogP contribution in [0.1, 0.15) is 25.6 Å². The molecule has 0 fully saturated rings. The lowest BCUT2D eigenvalue weighted by Crippen LogP contribution is -1.94. The maximum atomic E-state index is 10.9. The Morgan fingerprint density at radius 3 is 2.44 bits per heavy atom. The summed E-state index contributed by atoms with van der Waals surface area (Å²) in [6, 6.07) is 4.63. The summed E-state index contributed by atoms with van der Waals surface area (Å²) in [6.07, 6.45) is 0. The van der Waals surface area contributed by atoms with Crippen LogP contribution in [0.2, 0.25) is 0 Å². The second-order valence-electron chi connectivity index (χ2n) is 3.38. The van der Waals surface area contributed by atoms with Gasteiger partial charge in [-0.2, -0.15) is 0 Å². The van der Waals surface area contributed by atoms with Crippen molar-refractivity contribution in [1.82, 2.24) is 0 Å². The molecule has 0 aliphatic carbocycles. The fraction of sp³-hybridized carbons (Fsp3) is 0.0909. The minimum atomic E-state index is -1.01. The first-order valence-corrected chi connectivity index (χ1v) is 5.32. The summed E-state index contributed by atoms with van der Waals surface area (Å²) < 4.78 is 0.690. The summed E-state index contributed by atoms with van der Waals surface area (Å²) in [5.74, 6) is -1.99. The molecule has 1 aromatic heterocycles. The van der Waals surface area contributed by atoms with Gasteiger partial charge in [-0.3, -0.25) is 0 Å². The van der Waals surface area contributed by atoms with E-state index < -0.39 is 11.9 Å². The van der Waals surface area contributed by atoms with Crippen molar-refractivity contribution >= 4 is 33.4 Å². The van der Waals surface area contributed by atoms with Crippen LogP contribution in [0.15, 0.2) is 18.2 Å². The van der Waals surface area contributed by atoms with Gasteiger partial charge in [-0.25, -0.2) is 9.59 Å². The van der Waals surface area contributed by atoms with Crippen molar-refractivity contribution in [2.45, 2.75) is 6.92 Å². The van der Waals surface area contributed by atoms with E-state index in [1.807, 2.05) is 0 Å². The van der Waals surface area contributed by atoms with Crippen molar-refractivity contribution in [3.05, 3.63) is 34.2 Å². The molecule has 2 rings (SSSR count). The minimum Gasteiger partial charge on any atom is -0.478 e. The largest absolute Gasteiger partial charge is 0.478 e. The van der Waals surface area contributed by atoms with Gasteiger partial charge in [-0.1, -0.05) is 6.07 Å². The average molecular weight is 236 g/mol. The van der Waals surface area contributed by atoms with E-state index in [1.54, 1.807) is 13.0 Å². The van der Waals surface area contributed by atoms with E-state index >= 15 is 0 Å². The van der Waals surface area contributed by atoms with Crippen LogP contribution in [0.5, 0.6) is 0 Å². The number of aryl methyl sites for hydroxylation is 1. The van der Waals surface area contributed by atoms with Crippen LogP contribution >= 0.6 is 11.3 Å². The van der Waals surface area contributed by atoms with Crippen molar-refractivity contribution < 1.29 is 19.8 Å². The lowest BCUT2D eigenvalue weighted by molar-refractivity contribution is 0.0688. The number of carboxylic acids is 2. The summed E-state index contributed by atoms with van der Waals surface area (Å²) in [5.41, 5.74) is 0.857. The summed E-state index contributed by atoms with van der Waals surface area (Å²) in [4.78, 5) is 21.9. The van der Waals surface area contributed by atoms with Gasteiger partial charge in [0.25, 0.3) is 0 Å². The van der Waals surface area contributed by atoms with Crippen LogP contribution in [0, 0.1) is 6.92 Å². The number of aromatic carboxylic acids is 2. The van der Waals surface area contributed by atoms with Crippen molar-refractivity contribution in [1.29, 1.82) is 0 Å². The van der Waals surface area contributed by atoms with Gasteiger partial charge in [0.15, 0.2) is 0 Å². The number of benzene rings is 1. The number of hydrogen-bond acceptors (Lipinski definition) is 3. The molecule has 0 amide bonds. The van der Waals surface area contributed by atoms with Gasteiger partial charge in [0, 0.05) is 4.70 Å². The molecule has 1 aromatic carbocycles. The summed E-state index contributed by atoms with van der Waals surface area (Å²) >= 11 is 1.10. The number of carbonyl (C=O) groups is 2. The molecule has 0 spiro atoms. The van der Waals surface area contributed by atoms with E-state index in [9.17, 15) is 9.59 Å². The maximum absolute atomic E-state index is 10.9. The molecule has 82 valence electrons. The molecule has 0 saturated carbocycles. The average Bonchev–Trinajstić information content (AvgIpc) is 2.55. The predicted molar refractivity (Wildman–Crippen MR) is 60.5 cm³/mol. The van der Waals surface area contributed by atoms with Crippen LogP contribution in [0.3, 0.4) is 0 Å². The van der Waals surface area contributed by atoms with Crippen LogP contribution in [-0.2, 0) is 0 Å². The van der Waals surface area contributed by atoms with Gasteiger partial charge < -0.3 is 10.2 Å². The van der Waals surface area contributed by atoms with Crippen LogP contribution in [0.25, 0.3) is 10.1 Å². The van der Waals surface area contributed by atoms with Gasteiger partial charge in [0.2, 0.25) is 0 Å². The Balaban J connectivity index is 2.72.